The van der Waals surface area contributed by atoms with E-state index in [1.807, 2.05) is 0 Å². The number of hydrogen-bond donors (Lipinski definition) is 4. The summed E-state index contributed by atoms with van der Waals surface area (Å²) in [6.07, 6.45) is 0. The Morgan fingerprint density at radius 1 is 0.750 bits per heavy atom. The van der Waals surface area contributed by atoms with Crippen LogP contribution >= 0.6 is 0 Å². The predicted octanol–water partition coefficient (Wildman–Crippen LogP) is -2.22. The minimum atomic E-state index is 0. The summed E-state index contributed by atoms with van der Waals surface area (Å²) in [5.41, 5.74) is 0. The van der Waals surface area contributed by atoms with Crippen molar-refractivity contribution in [2.45, 2.75) is 0 Å². The molecule has 0 bridgehead atoms. The number of rotatable bonds is 6. The molecule has 12 heavy (non-hydrogen) atoms. The van der Waals surface area contributed by atoms with Crippen LogP contribution in [0.5, 0.6) is 0 Å². The van der Waals surface area contributed by atoms with Gasteiger partial charge in [-0.3, -0.25) is 4.90 Å². The van der Waals surface area contributed by atoms with Gasteiger partial charge in [0.1, 0.15) is 0 Å². The Morgan fingerprint density at radius 3 is 1.17 bits per heavy atom. The molecule has 0 atom stereocenters. The van der Waals surface area contributed by atoms with Crippen LogP contribution in [0.4, 0.5) is 0 Å². The van der Waals surface area contributed by atoms with Crippen LogP contribution in [0, 0.1) is 0 Å². The van der Waals surface area contributed by atoms with E-state index in [2.05, 4.69) is 0 Å². The summed E-state index contributed by atoms with van der Waals surface area (Å²) < 4.78 is 0. The van der Waals surface area contributed by atoms with Crippen LogP contribution in [-0.2, 0) is 0 Å². The topological polar surface area (TPSA) is 98.9 Å². The fourth-order valence-corrected chi connectivity index (χ4v) is 0.760. The Labute approximate surface area is 95.3 Å². The van der Waals surface area contributed by atoms with Crippen molar-refractivity contribution in [2.75, 3.05) is 39.5 Å². The molecular formula is C6H19N2NaO3. The van der Waals surface area contributed by atoms with Gasteiger partial charge in [0.05, 0.1) is 19.8 Å². The molecule has 6 heteroatoms. The zero-order valence-corrected chi connectivity index (χ0v) is 6.74. The van der Waals surface area contributed by atoms with Crippen LogP contribution in [0.1, 0.15) is 0 Å². The molecule has 0 heterocycles. The summed E-state index contributed by atoms with van der Waals surface area (Å²) in [5.74, 6) is 0. The molecule has 0 fully saturated rings. The van der Waals surface area contributed by atoms with E-state index in [0.29, 0.717) is 19.6 Å². The zero-order valence-electron chi connectivity index (χ0n) is 6.74. The van der Waals surface area contributed by atoms with Crippen molar-refractivity contribution in [1.29, 1.82) is 0 Å². The van der Waals surface area contributed by atoms with E-state index in [9.17, 15) is 0 Å². The zero-order chi connectivity index (χ0) is 7.82. The third kappa shape index (κ3) is 10.8. The molecular weight excluding hydrogens is 171 g/mol. The Hall–Kier alpha value is 0.800. The summed E-state index contributed by atoms with van der Waals surface area (Å²) in [7, 11) is 0. The second-order valence-electron chi connectivity index (χ2n) is 2.01. The van der Waals surface area contributed by atoms with Crippen molar-refractivity contribution < 1.29 is 15.3 Å². The van der Waals surface area contributed by atoms with E-state index in [4.69, 9.17) is 15.3 Å². The molecule has 0 aromatic carbocycles. The quantitative estimate of drug-likeness (QED) is 0.356. The number of aliphatic hydroxyl groups is 3. The maximum absolute atomic E-state index is 8.48. The van der Waals surface area contributed by atoms with Crippen molar-refractivity contribution in [1.82, 2.24) is 11.1 Å². The second kappa shape index (κ2) is 14.3. The summed E-state index contributed by atoms with van der Waals surface area (Å²) in [6.45, 7) is 1.75. The Morgan fingerprint density at radius 2 is 1.00 bits per heavy atom. The summed E-state index contributed by atoms with van der Waals surface area (Å²) >= 11 is 0. The summed E-state index contributed by atoms with van der Waals surface area (Å²) in [5, 5.41) is 25.5. The SMILES string of the molecule is N.OCCN(CCO)CCO.[NaH]. The van der Waals surface area contributed by atoms with Crippen molar-refractivity contribution >= 4 is 29.6 Å². The van der Waals surface area contributed by atoms with Gasteiger partial charge in [-0.25, -0.2) is 0 Å². The number of aliphatic hydroxyl groups excluding tert-OH is 3. The first-order valence-electron chi connectivity index (χ1n) is 3.40. The first-order chi connectivity index (χ1) is 4.85. The van der Waals surface area contributed by atoms with Crippen LogP contribution < -0.4 is 6.15 Å². The Kier molecular flexibility index (Phi) is 22.2. The molecule has 0 aliphatic heterocycles. The van der Waals surface area contributed by atoms with E-state index in [1.165, 1.54) is 0 Å². The first-order valence-corrected chi connectivity index (χ1v) is 3.40. The van der Waals surface area contributed by atoms with Gasteiger partial charge < -0.3 is 21.5 Å². The first kappa shape index (κ1) is 18.6. The van der Waals surface area contributed by atoms with E-state index in [1.54, 1.807) is 4.90 Å². The van der Waals surface area contributed by atoms with E-state index in [-0.39, 0.29) is 55.5 Å². The van der Waals surface area contributed by atoms with Gasteiger partial charge in [0.25, 0.3) is 0 Å². The van der Waals surface area contributed by atoms with Crippen LogP contribution in [0.15, 0.2) is 0 Å². The van der Waals surface area contributed by atoms with E-state index >= 15 is 0 Å². The Bertz CT molecular complexity index is 63.5. The maximum atomic E-state index is 8.48. The molecule has 0 saturated heterocycles. The molecule has 0 radical (unpaired) electrons. The van der Waals surface area contributed by atoms with Crippen molar-refractivity contribution in [3.63, 3.8) is 0 Å². The molecule has 0 aromatic heterocycles. The molecule has 0 amide bonds. The van der Waals surface area contributed by atoms with Crippen molar-refractivity contribution in [3.05, 3.63) is 0 Å². The fraction of sp³-hybridized carbons (Fsp3) is 1.00. The van der Waals surface area contributed by atoms with Crippen LogP contribution in [-0.4, -0.2) is 89.2 Å². The number of nitrogens with zero attached hydrogens (tertiary/aromatic N) is 1. The molecule has 0 aliphatic rings. The molecule has 6 N–H and O–H groups in total. The molecule has 0 saturated carbocycles. The van der Waals surface area contributed by atoms with Gasteiger partial charge in [-0.1, -0.05) is 0 Å². The molecule has 0 spiro atoms. The van der Waals surface area contributed by atoms with Gasteiger partial charge in [0.2, 0.25) is 0 Å². The van der Waals surface area contributed by atoms with Gasteiger partial charge in [-0.05, 0) is 0 Å². The van der Waals surface area contributed by atoms with Crippen LogP contribution in [0.25, 0.3) is 0 Å². The fourth-order valence-electron chi connectivity index (χ4n) is 0.760. The van der Waals surface area contributed by atoms with Gasteiger partial charge in [0, 0.05) is 19.6 Å². The summed E-state index contributed by atoms with van der Waals surface area (Å²) in [6, 6.07) is 0. The normalized spacial score (nSPS) is 9.00. The average Bonchev–Trinajstić information content (AvgIpc) is 1.90. The van der Waals surface area contributed by atoms with E-state index < -0.39 is 0 Å². The van der Waals surface area contributed by atoms with Crippen molar-refractivity contribution in [3.8, 4) is 0 Å². The van der Waals surface area contributed by atoms with Crippen LogP contribution in [0.2, 0.25) is 0 Å². The number of hydrogen-bond acceptors (Lipinski definition) is 5. The molecule has 5 nitrogen and oxygen atoms in total. The molecule has 0 aromatic rings. The minimum absolute atomic E-state index is 0. The van der Waals surface area contributed by atoms with Gasteiger partial charge in [0.15, 0.2) is 0 Å². The molecule has 72 valence electrons. The molecule has 0 rings (SSSR count). The Balaban J connectivity index is -0.000000405. The van der Waals surface area contributed by atoms with E-state index in [0.717, 1.165) is 0 Å². The predicted molar refractivity (Wildman–Crippen MR) is 49.9 cm³/mol. The van der Waals surface area contributed by atoms with Gasteiger partial charge >= 0.3 is 29.6 Å². The standard InChI is InChI=1S/C6H15NO3.H3N.Na.H/c8-4-1-7(2-5-9)3-6-10;;;/h8-10H,1-6H2;1H3;;. The van der Waals surface area contributed by atoms with Gasteiger partial charge in [-0.15, -0.1) is 0 Å². The molecule has 0 aliphatic carbocycles. The monoisotopic (exact) mass is 190 g/mol. The third-order valence-corrected chi connectivity index (χ3v) is 1.25. The third-order valence-electron chi connectivity index (χ3n) is 1.25. The summed E-state index contributed by atoms with van der Waals surface area (Å²) in [4.78, 5) is 1.79. The van der Waals surface area contributed by atoms with Gasteiger partial charge in [-0.2, -0.15) is 0 Å². The second-order valence-corrected chi connectivity index (χ2v) is 2.01. The van der Waals surface area contributed by atoms with Crippen molar-refractivity contribution in [2.24, 2.45) is 0 Å². The van der Waals surface area contributed by atoms with Crippen LogP contribution in [0.3, 0.4) is 0 Å². The average molecular weight is 190 g/mol. The molecule has 0 unspecified atom stereocenters.